The summed E-state index contributed by atoms with van der Waals surface area (Å²) in [5.74, 6) is 0.981. The fourth-order valence-electron chi connectivity index (χ4n) is 2.75. The zero-order valence-corrected chi connectivity index (χ0v) is 17.2. The van der Waals surface area contributed by atoms with Gasteiger partial charge in [-0.25, -0.2) is 9.37 Å². The lowest BCUT2D eigenvalue weighted by molar-refractivity contribution is 0.362. The van der Waals surface area contributed by atoms with Crippen LogP contribution in [0.1, 0.15) is 31.5 Å². The summed E-state index contributed by atoms with van der Waals surface area (Å²) in [6.45, 7) is 3.93. The minimum atomic E-state index is -0.556. The number of benzene rings is 2. The Hall–Kier alpha value is -2.71. The summed E-state index contributed by atoms with van der Waals surface area (Å²) in [7, 11) is 0. The molecule has 0 amide bonds. The van der Waals surface area contributed by atoms with Gasteiger partial charge in [0.1, 0.15) is 5.82 Å². The van der Waals surface area contributed by atoms with Crippen LogP contribution in [0.15, 0.2) is 56.9 Å². The molecule has 2 heterocycles. The predicted octanol–water partition coefficient (Wildman–Crippen LogP) is 4.98. The standard InChI is InChI=1S/C20H16ClFN4O2S/c1-11(2)18-24-17(25-28-18)10-29-20-23-16-6-4-3-5-13(16)19(27)26(20)12-7-8-15(22)14(21)9-12/h3-9,11H,10H2,1-2H3. The van der Waals surface area contributed by atoms with E-state index in [0.29, 0.717) is 39.2 Å². The van der Waals surface area contributed by atoms with E-state index in [1.165, 1.54) is 34.5 Å². The van der Waals surface area contributed by atoms with Crippen LogP contribution in [0.5, 0.6) is 0 Å². The Morgan fingerprint density at radius 1 is 1.21 bits per heavy atom. The van der Waals surface area contributed by atoms with E-state index in [1.54, 1.807) is 18.2 Å². The highest BCUT2D eigenvalue weighted by molar-refractivity contribution is 7.98. The smallest absolute Gasteiger partial charge is 0.266 e. The molecule has 0 aliphatic carbocycles. The van der Waals surface area contributed by atoms with Crippen LogP contribution in [-0.4, -0.2) is 19.7 Å². The van der Waals surface area contributed by atoms with Crippen LogP contribution in [0.25, 0.3) is 16.6 Å². The van der Waals surface area contributed by atoms with Crippen molar-refractivity contribution in [2.24, 2.45) is 0 Å². The summed E-state index contributed by atoms with van der Waals surface area (Å²) in [5.41, 5.74) is 0.732. The molecule has 4 rings (SSSR count). The minimum Gasteiger partial charge on any atom is -0.339 e. The molecule has 0 unspecified atom stereocenters. The monoisotopic (exact) mass is 430 g/mol. The number of aromatic nitrogens is 4. The van der Waals surface area contributed by atoms with Gasteiger partial charge in [-0.2, -0.15) is 4.98 Å². The van der Waals surface area contributed by atoms with E-state index in [2.05, 4.69) is 15.1 Å². The molecule has 0 spiro atoms. The first-order valence-corrected chi connectivity index (χ1v) is 10.2. The summed E-state index contributed by atoms with van der Waals surface area (Å²) in [6.07, 6.45) is 0. The van der Waals surface area contributed by atoms with Gasteiger partial charge in [-0.3, -0.25) is 9.36 Å². The van der Waals surface area contributed by atoms with Crippen LogP contribution in [0, 0.1) is 5.82 Å². The zero-order chi connectivity index (χ0) is 20.5. The fraction of sp³-hybridized carbons (Fsp3) is 0.200. The summed E-state index contributed by atoms with van der Waals surface area (Å²) < 4.78 is 20.3. The average Bonchev–Trinajstić information content (AvgIpc) is 3.18. The second-order valence-electron chi connectivity index (χ2n) is 6.64. The van der Waals surface area contributed by atoms with Gasteiger partial charge < -0.3 is 4.52 Å². The number of hydrogen-bond acceptors (Lipinski definition) is 6. The van der Waals surface area contributed by atoms with E-state index in [-0.39, 0.29) is 16.5 Å². The molecule has 6 nitrogen and oxygen atoms in total. The van der Waals surface area contributed by atoms with Crippen LogP contribution in [0.3, 0.4) is 0 Å². The van der Waals surface area contributed by atoms with Gasteiger partial charge in [0.2, 0.25) is 5.89 Å². The molecule has 0 radical (unpaired) electrons. The maximum Gasteiger partial charge on any atom is 0.266 e. The number of thioether (sulfide) groups is 1. The molecule has 0 saturated carbocycles. The normalized spacial score (nSPS) is 11.5. The second-order valence-corrected chi connectivity index (χ2v) is 7.99. The third kappa shape index (κ3) is 3.90. The topological polar surface area (TPSA) is 73.8 Å². The third-order valence-corrected chi connectivity index (χ3v) is 5.44. The van der Waals surface area contributed by atoms with E-state index in [1.807, 2.05) is 19.9 Å². The molecule has 0 aliphatic heterocycles. The van der Waals surface area contributed by atoms with Crippen LogP contribution in [0.2, 0.25) is 5.02 Å². The Bertz CT molecular complexity index is 1250. The molecule has 148 valence electrons. The first kappa shape index (κ1) is 19.6. The highest BCUT2D eigenvalue weighted by Crippen LogP contribution is 2.26. The van der Waals surface area contributed by atoms with Crippen molar-refractivity contribution in [2.45, 2.75) is 30.7 Å². The lowest BCUT2D eigenvalue weighted by Gasteiger charge is -2.13. The molecular weight excluding hydrogens is 415 g/mol. The van der Waals surface area contributed by atoms with Crippen LogP contribution >= 0.6 is 23.4 Å². The van der Waals surface area contributed by atoms with Gasteiger partial charge in [-0.05, 0) is 30.3 Å². The van der Waals surface area contributed by atoms with E-state index in [4.69, 9.17) is 16.1 Å². The SMILES string of the molecule is CC(C)c1nc(CSc2nc3ccccc3c(=O)n2-c2ccc(F)c(Cl)c2)no1. The Labute approximate surface area is 174 Å². The van der Waals surface area contributed by atoms with Gasteiger partial charge in [0.05, 0.1) is 27.4 Å². The zero-order valence-electron chi connectivity index (χ0n) is 15.6. The highest BCUT2D eigenvalue weighted by atomic mass is 35.5. The van der Waals surface area contributed by atoms with Crippen LogP contribution in [0.4, 0.5) is 4.39 Å². The maximum absolute atomic E-state index is 13.6. The van der Waals surface area contributed by atoms with Crippen molar-refractivity contribution in [3.8, 4) is 5.69 Å². The number of para-hydroxylation sites is 1. The van der Waals surface area contributed by atoms with E-state index < -0.39 is 5.82 Å². The van der Waals surface area contributed by atoms with Crippen LogP contribution < -0.4 is 5.56 Å². The second kappa shape index (κ2) is 7.96. The molecule has 0 N–H and O–H groups in total. The lowest BCUT2D eigenvalue weighted by Crippen LogP contribution is -2.21. The Morgan fingerprint density at radius 2 is 2.00 bits per heavy atom. The highest BCUT2D eigenvalue weighted by Gasteiger charge is 2.16. The predicted molar refractivity (Wildman–Crippen MR) is 110 cm³/mol. The van der Waals surface area contributed by atoms with Gasteiger partial charge in [0.25, 0.3) is 5.56 Å². The summed E-state index contributed by atoms with van der Waals surface area (Å²) in [4.78, 5) is 22.2. The molecule has 4 aromatic rings. The number of hydrogen-bond donors (Lipinski definition) is 0. The minimum absolute atomic E-state index is 0.0711. The summed E-state index contributed by atoms with van der Waals surface area (Å²) >= 11 is 7.23. The molecular formula is C20H16ClFN4O2S. The molecule has 0 fully saturated rings. The van der Waals surface area contributed by atoms with Crippen molar-refractivity contribution in [1.82, 2.24) is 19.7 Å². The van der Waals surface area contributed by atoms with E-state index in [0.717, 1.165) is 0 Å². The molecule has 0 bridgehead atoms. The first-order chi connectivity index (χ1) is 13.9. The number of fused-ring (bicyclic) bond motifs is 1. The average molecular weight is 431 g/mol. The van der Waals surface area contributed by atoms with E-state index in [9.17, 15) is 9.18 Å². The van der Waals surface area contributed by atoms with Gasteiger partial charge in [0, 0.05) is 5.92 Å². The Balaban J connectivity index is 1.80. The van der Waals surface area contributed by atoms with Gasteiger partial charge in [-0.1, -0.05) is 54.5 Å². The molecule has 0 aliphatic rings. The van der Waals surface area contributed by atoms with Crippen molar-refractivity contribution in [1.29, 1.82) is 0 Å². The number of nitrogens with zero attached hydrogens (tertiary/aromatic N) is 4. The quantitative estimate of drug-likeness (QED) is 0.328. The van der Waals surface area contributed by atoms with Gasteiger partial charge in [-0.15, -0.1) is 0 Å². The first-order valence-electron chi connectivity index (χ1n) is 8.86. The van der Waals surface area contributed by atoms with Crippen molar-refractivity contribution >= 4 is 34.3 Å². The van der Waals surface area contributed by atoms with E-state index >= 15 is 0 Å². The lowest BCUT2D eigenvalue weighted by atomic mass is 10.2. The number of halogens is 2. The van der Waals surface area contributed by atoms with Crippen LogP contribution in [-0.2, 0) is 5.75 Å². The van der Waals surface area contributed by atoms with Gasteiger partial charge >= 0.3 is 0 Å². The molecule has 2 aromatic heterocycles. The summed E-state index contributed by atoms with van der Waals surface area (Å²) in [5, 5.41) is 4.78. The molecule has 0 saturated heterocycles. The molecule has 29 heavy (non-hydrogen) atoms. The summed E-state index contributed by atoms with van der Waals surface area (Å²) in [6, 6.07) is 11.2. The third-order valence-electron chi connectivity index (χ3n) is 4.21. The Morgan fingerprint density at radius 3 is 2.72 bits per heavy atom. The van der Waals surface area contributed by atoms with Crippen molar-refractivity contribution in [2.75, 3.05) is 0 Å². The molecule has 9 heteroatoms. The van der Waals surface area contributed by atoms with Crippen molar-refractivity contribution < 1.29 is 8.91 Å². The molecule has 0 atom stereocenters. The Kier molecular flexibility index (Phi) is 5.38. The number of rotatable bonds is 5. The maximum atomic E-state index is 13.6. The van der Waals surface area contributed by atoms with Crippen molar-refractivity contribution in [3.05, 3.63) is 75.4 Å². The van der Waals surface area contributed by atoms with Crippen molar-refractivity contribution in [3.63, 3.8) is 0 Å². The fourth-order valence-corrected chi connectivity index (χ4v) is 3.78. The largest absolute Gasteiger partial charge is 0.339 e. The van der Waals surface area contributed by atoms with Gasteiger partial charge in [0.15, 0.2) is 11.0 Å². The molecule has 2 aromatic carbocycles.